The van der Waals surface area contributed by atoms with Crippen molar-refractivity contribution < 1.29 is 29.6 Å². The molecule has 0 amide bonds. The van der Waals surface area contributed by atoms with Crippen LogP contribution in [0.25, 0.3) is 11.0 Å². The minimum Gasteiger partial charge on any atom is -0.458 e. The van der Waals surface area contributed by atoms with Gasteiger partial charge in [-0.25, -0.2) is 0 Å². The molecule has 1 saturated heterocycles. The van der Waals surface area contributed by atoms with E-state index in [1.807, 2.05) is 0 Å². The van der Waals surface area contributed by atoms with Gasteiger partial charge in [0.05, 0.1) is 12.0 Å². The molecule has 2 heterocycles. The molecule has 7 nitrogen and oxygen atoms in total. The van der Waals surface area contributed by atoms with Gasteiger partial charge in [0, 0.05) is 6.07 Å². The van der Waals surface area contributed by atoms with Gasteiger partial charge in [0.25, 0.3) is 0 Å². The van der Waals surface area contributed by atoms with E-state index in [0.29, 0.717) is 11.0 Å². The molecular weight excluding hydrogens is 292 g/mol. The smallest absolute Gasteiger partial charge is 0.193 e. The zero-order valence-electron chi connectivity index (χ0n) is 11.5. The largest absolute Gasteiger partial charge is 0.458 e. The quantitative estimate of drug-likeness (QED) is 0.579. The molecule has 0 spiro atoms. The van der Waals surface area contributed by atoms with Crippen LogP contribution in [-0.2, 0) is 4.74 Å². The van der Waals surface area contributed by atoms with Crippen molar-refractivity contribution in [2.24, 2.45) is 0 Å². The van der Waals surface area contributed by atoms with Crippen LogP contribution in [0, 0.1) is 0 Å². The van der Waals surface area contributed by atoms with E-state index in [1.54, 1.807) is 24.3 Å². The average Bonchev–Trinajstić information content (AvgIpc) is 2.53. The zero-order chi connectivity index (χ0) is 15.9. The number of ether oxygens (including phenoxy) is 1. The summed E-state index contributed by atoms with van der Waals surface area (Å²) in [5, 5.41) is 39.2. The third kappa shape index (κ3) is 2.43. The Hall–Kier alpha value is -1.77. The fourth-order valence-electron chi connectivity index (χ4n) is 2.60. The molecule has 0 bridgehead atoms. The average molecular weight is 308 g/mol. The van der Waals surface area contributed by atoms with Crippen molar-refractivity contribution in [3.8, 4) is 0 Å². The number of aliphatic hydroxyl groups excluding tert-OH is 4. The molecule has 118 valence electrons. The molecule has 7 heteroatoms. The van der Waals surface area contributed by atoms with E-state index in [-0.39, 0.29) is 11.2 Å². The first-order valence-corrected chi connectivity index (χ1v) is 6.86. The van der Waals surface area contributed by atoms with E-state index in [9.17, 15) is 25.2 Å². The summed E-state index contributed by atoms with van der Waals surface area (Å²) in [4.78, 5) is 12.1. The van der Waals surface area contributed by atoms with E-state index in [1.165, 1.54) is 6.07 Å². The van der Waals surface area contributed by atoms with Gasteiger partial charge in [0.2, 0.25) is 0 Å². The molecular formula is C15H16O7. The standard InChI is InChI=1S/C15H16O7/c16-6-11-12(18)13(19)14(20)15(22-11)10-5-8(17)7-3-1-2-4-9(7)21-10/h1-5,11-16,18-20H,6H2/t11-,12-,13-,14-,15-/m1/s1. The molecule has 4 N–H and O–H groups in total. The molecule has 5 atom stereocenters. The van der Waals surface area contributed by atoms with E-state index >= 15 is 0 Å². The number of para-hydroxylation sites is 1. The maximum atomic E-state index is 12.1. The van der Waals surface area contributed by atoms with Crippen LogP contribution in [0.3, 0.4) is 0 Å². The summed E-state index contributed by atoms with van der Waals surface area (Å²) in [6.45, 7) is -0.542. The second-order valence-corrected chi connectivity index (χ2v) is 5.26. The summed E-state index contributed by atoms with van der Waals surface area (Å²) < 4.78 is 10.9. The highest BCUT2D eigenvalue weighted by Gasteiger charge is 2.45. The third-order valence-corrected chi connectivity index (χ3v) is 3.83. The highest BCUT2D eigenvalue weighted by atomic mass is 16.6. The molecule has 1 aromatic carbocycles. The molecule has 0 aliphatic carbocycles. The fraction of sp³-hybridized carbons (Fsp3) is 0.400. The Morgan fingerprint density at radius 1 is 1.05 bits per heavy atom. The van der Waals surface area contributed by atoms with Gasteiger partial charge >= 0.3 is 0 Å². The lowest BCUT2D eigenvalue weighted by Gasteiger charge is -2.39. The second kappa shape index (κ2) is 5.79. The number of hydrogen-bond donors (Lipinski definition) is 4. The van der Waals surface area contributed by atoms with E-state index < -0.39 is 37.1 Å². The molecule has 2 aromatic rings. The zero-order valence-corrected chi connectivity index (χ0v) is 11.5. The summed E-state index contributed by atoms with van der Waals surface area (Å²) >= 11 is 0. The number of benzene rings is 1. The van der Waals surface area contributed by atoms with Gasteiger partial charge in [0.1, 0.15) is 41.9 Å². The predicted octanol–water partition coefficient (Wildman–Crippen LogP) is -0.692. The summed E-state index contributed by atoms with van der Waals surface area (Å²) in [6.07, 6.45) is -6.67. The monoisotopic (exact) mass is 308 g/mol. The van der Waals surface area contributed by atoms with Crippen molar-refractivity contribution in [2.75, 3.05) is 6.61 Å². The maximum absolute atomic E-state index is 12.1. The lowest BCUT2D eigenvalue weighted by atomic mass is 9.93. The van der Waals surface area contributed by atoms with Crippen molar-refractivity contribution in [1.29, 1.82) is 0 Å². The van der Waals surface area contributed by atoms with Gasteiger partial charge in [-0.1, -0.05) is 12.1 Å². The third-order valence-electron chi connectivity index (χ3n) is 3.83. The molecule has 1 fully saturated rings. The molecule has 1 aliphatic heterocycles. The molecule has 3 rings (SSSR count). The number of hydrogen-bond acceptors (Lipinski definition) is 7. The van der Waals surface area contributed by atoms with Gasteiger partial charge in [-0.15, -0.1) is 0 Å². The summed E-state index contributed by atoms with van der Waals surface area (Å²) in [7, 11) is 0. The van der Waals surface area contributed by atoms with Crippen molar-refractivity contribution in [3.05, 3.63) is 46.3 Å². The van der Waals surface area contributed by atoms with Gasteiger partial charge in [-0.2, -0.15) is 0 Å². The minimum atomic E-state index is -1.52. The SMILES string of the molecule is O=c1cc([C@H]2O[C@H](CO)[C@@H](O)[C@@H](O)[C@H]2O)oc2ccccc12. The van der Waals surface area contributed by atoms with E-state index in [2.05, 4.69) is 0 Å². The van der Waals surface area contributed by atoms with Crippen molar-refractivity contribution in [3.63, 3.8) is 0 Å². The molecule has 22 heavy (non-hydrogen) atoms. The molecule has 0 unspecified atom stereocenters. The van der Waals surface area contributed by atoms with Crippen LogP contribution >= 0.6 is 0 Å². The van der Waals surface area contributed by atoms with Crippen LogP contribution < -0.4 is 5.43 Å². The highest BCUT2D eigenvalue weighted by Crippen LogP contribution is 2.32. The van der Waals surface area contributed by atoms with E-state index in [4.69, 9.17) is 9.15 Å². The van der Waals surface area contributed by atoms with Gasteiger partial charge < -0.3 is 29.6 Å². The van der Waals surface area contributed by atoms with Crippen LogP contribution in [0.15, 0.2) is 39.5 Å². The Balaban J connectivity index is 2.04. The highest BCUT2D eigenvalue weighted by molar-refractivity contribution is 5.76. The van der Waals surface area contributed by atoms with Crippen LogP contribution in [-0.4, -0.2) is 51.4 Å². The lowest BCUT2D eigenvalue weighted by Crippen LogP contribution is -2.55. The normalized spacial score (nSPS) is 32.3. The number of fused-ring (bicyclic) bond motifs is 1. The van der Waals surface area contributed by atoms with Crippen molar-refractivity contribution in [2.45, 2.75) is 30.5 Å². The predicted molar refractivity (Wildman–Crippen MR) is 75.2 cm³/mol. The molecule has 0 radical (unpaired) electrons. The Morgan fingerprint density at radius 3 is 2.50 bits per heavy atom. The first kappa shape index (κ1) is 15.1. The van der Waals surface area contributed by atoms with Gasteiger partial charge in [-0.05, 0) is 12.1 Å². The second-order valence-electron chi connectivity index (χ2n) is 5.26. The van der Waals surface area contributed by atoms with Crippen molar-refractivity contribution in [1.82, 2.24) is 0 Å². The summed E-state index contributed by atoms with van der Waals surface area (Å²) in [6, 6.07) is 7.78. The first-order valence-electron chi connectivity index (χ1n) is 6.86. The van der Waals surface area contributed by atoms with Gasteiger partial charge in [-0.3, -0.25) is 4.79 Å². The molecule has 1 aromatic heterocycles. The minimum absolute atomic E-state index is 0.0283. The number of rotatable bonds is 2. The Labute approximate surface area is 125 Å². The van der Waals surface area contributed by atoms with E-state index in [0.717, 1.165) is 0 Å². The number of aliphatic hydroxyl groups is 4. The first-order chi connectivity index (χ1) is 10.5. The maximum Gasteiger partial charge on any atom is 0.193 e. The molecule has 1 aliphatic rings. The van der Waals surface area contributed by atoms with Crippen molar-refractivity contribution >= 4 is 11.0 Å². The Kier molecular flexibility index (Phi) is 3.98. The molecule has 0 saturated carbocycles. The van der Waals surface area contributed by atoms with Crippen LogP contribution in [0.1, 0.15) is 11.9 Å². The lowest BCUT2D eigenvalue weighted by molar-refractivity contribution is -0.235. The summed E-state index contributed by atoms with van der Waals surface area (Å²) in [5.74, 6) is 0.0283. The topological polar surface area (TPSA) is 120 Å². The van der Waals surface area contributed by atoms with Crippen LogP contribution in [0.2, 0.25) is 0 Å². The van der Waals surface area contributed by atoms with Crippen LogP contribution in [0.4, 0.5) is 0 Å². The fourth-order valence-corrected chi connectivity index (χ4v) is 2.60. The van der Waals surface area contributed by atoms with Crippen LogP contribution in [0.5, 0.6) is 0 Å². The summed E-state index contributed by atoms with van der Waals surface area (Å²) in [5.41, 5.74) is 0.00997. The Bertz CT molecular complexity index is 723. The van der Waals surface area contributed by atoms with Gasteiger partial charge in [0.15, 0.2) is 5.43 Å². The Morgan fingerprint density at radius 2 is 1.77 bits per heavy atom.